The Morgan fingerprint density at radius 1 is 1.16 bits per heavy atom. The smallest absolute Gasteiger partial charge is 0.464 e. The largest absolute Gasteiger partial charge is 0.471 e. The number of rotatable bonds is 12. The van der Waals surface area contributed by atoms with Gasteiger partial charge in [0, 0.05) is 6.54 Å². The summed E-state index contributed by atoms with van der Waals surface area (Å²) >= 11 is 5.21. The molecule has 0 heterocycles. The molecule has 0 aromatic heterocycles. The standard InChI is InChI=1S/C14H23ClF3N3O4/c1-2-3-8-25-12(23)10(21-11(22)9-20-15)6-4-5-7-19-13(24)14(16,17)18/h10,20H,2-9H2,1H3,(H,19,24)(H,21,22). The molecule has 0 rings (SSSR count). The second kappa shape index (κ2) is 12.8. The molecular weight excluding hydrogens is 367 g/mol. The van der Waals surface area contributed by atoms with Crippen molar-refractivity contribution >= 4 is 29.6 Å². The molecule has 2 amide bonds. The molecule has 0 aliphatic heterocycles. The van der Waals surface area contributed by atoms with E-state index in [1.165, 1.54) is 0 Å². The molecule has 0 saturated heterocycles. The van der Waals surface area contributed by atoms with Gasteiger partial charge in [-0.05, 0) is 37.5 Å². The summed E-state index contributed by atoms with van der Waals surface area (Å²) in [5.41, 5.74) is 0. The number of amides is 2. The monoisotopic (exact) mass is 389 g/mol. The van der Waals surface area contributed by atoms with Crippen molar-refractivity contribution in [3.63, 3.8) is 0 Å². The zero-order valence-corrected chi connectivity index (χ0v) is 14.6. The Morgan fingerprint density at radius 3 is 2.40 bits per heavy atom. The molecule has 0 radical (unpaired) electrons. The van der Waals surface area contributed by atoms with Crippen molar-refractivity contribution < 1.29 is 32.3 Å². The summed E-state index contributed by atoms with van der Waals surface area (Å²) in [6, 6.07) is -0.923. The predicted octanol–water partition coefficient (Wildman–Crippen LogP) is 1.41. The van der Waals surface area contributed by atoms with E-state index in [9.17, 15) is 27.6 Å². The van der Waals surface area contributed by atoms with Gasteiger partial charge in [-0.2, -0.15) is 13.2 Å². The van der Waals surface area contributed by atoms with Gasteiger partial charge in [-0.15, -0.1) is 0 Å². The van der Waals surface area contributed by atoms with E-state index in [2.05, 4.69) is 10.2 Å². The SMILES string of the molecule is CCCCOC(=O)C(CCCCNC(=O)C(F)(F)F)NC(=O)CNCl. The summed E-state index contributed by atoms with van der Waals surface area (Å²) in [6.07, 6.45) is -2.72. The van der Waals surface area contributed by atoms with Crippen molar-refractivity contribution in [2.24, 2.45) is 0 Å². The number of carbonyl (C=O) groups is 3. The molecule has 1 atom stereocenters. The van der Waals surface area contributed by atoms with Gasteiger partial charge >= 0.3 is 18.1 Å². The van der Waals surface area contributed by atoms with Crippen LogP contribution in [0.15, 0.2) is 0 Å². The van der Waals surface area contributed by atoms with Crippen LogP contribution in [0.2, 0.25) is 0 Å². The highest BCUT2D eigenvalue weighted by Crippen LogP contribution is 2.14. The number of esters is 1. The Balaban J connectivity index is 4.31. The second-order valence-electron chi connectivity index (χ2n) is 5.20. The molecule has 0 aromatic rings. The van der Waals surface area contributed by atoms with Crippen molar-refractivity contribution in [2.75, 3.05) is 19.7 Å². The third-order valence-corrected chi connectivity index (χ3v) is 3.19. The zero-order valence-electron chi connectivity index (χ0n) is 13.9. The average Bonchev–Trinajstić information content (AvgIpc) is 2.52. The van der Waals surface area contributed by atoms with E-state index in [1.807, 2.05) is 6.92 Å². The second-order valence-corrected chi connectivity index (χ2v) is 5.47. The van der Waals surface area contributed by atoms with Gasteiger partial charge < -0.3 is 15.4 Å². The fraction of sp³-hybridized carbons (Fsp3) is 0.786. The fourth-order valence-corrected chi connectivity index (χ4v) is 1.87. The van der Waals surface area contributed by atoms with Crippen LogP contribution in [-0.2, 0) is 19.1 Å². The Labute approximate surface area is 149 Å². The lowest BCUT2D eigenvalue weighted by molar-refractivity contribution is -0.173. The topological polar surface area (TPSA) is 96.5 Å². The number of nitrogens with one attached hydrogen (secondary N) is 3. The minimum absolute atomic E-state index is 0.168. The summed E-state index contributed by atoms with van der Waals surface area (Å²) < 4.78 is 41.1. The summed E-state index contributed by atoms with van der Waals surface area (Å²) in [5.74, 6) is -3.14. The maximum Gasteiger partial charge on any atom is 0.471 e. The van der Waals surface area contributed by atoms with Crippen molar-refractivity contribution in [3.8, 4) is 0 Å². The maximum atomic E-state index is 12.0. The molecule has 11 heteroatoms. The van der Waals surface area contributed by atoms with Crippen LogP contribution in [0.1, 0.15) is 39.0 Å². The Kier molecular flexibility index (Phi) is 12.0. The van der Waals surface area contributed by atoms with E-state index in [-0.39, 0.29) is 32.5 Å². The lowest BCUT2D eigenvalue weighted by atomic mass is 10.1. The predicted molar refractivity (Wildman–Crippen MR) is 84.6 cm³/mol. The zero-order chi connectivity index (χ0) is 19.3. The van der Waals surface area contributed by atoms with Gasteiger partial charge in [-0.25, -0.2) is 9.63 Å². The number of hydrogen-bond donors (Lipinski definition) is 3. The van der Waals surface area contributed by atoms with Gasteiger partial charge in [0.15, 0.2) is 0 Å². The molecule has 25 heavy (non-hydrogen) atoms. The highest BCUT2D eigenvalue weighted by Gasteiger charge is 2.38. The van der Waals surface area contributed by atoms with E-state index in [0.717, 1.165) is 6.42 Å². The van der Waals surface area contributed by atoms with E-state index in [4.69, 9.17) is 16.5 Å². The highest BCUT2D eigenvalue weighted by molar-refractivity contribution is 6.14. The minimum atomic E-state index is -4.92. The number of hydrogen-bond acceptors (Lipinski definition) is 5. The molecule has 0 bridgehead atoms. The van der Waals surface area contributed by atoms with Gasteiger partial charge in [0.25, 0.3) is 0 Å². The lowest BCUT2D eigenvalue weighted by Gasteiger charge is -2.17. The van der Waals surface area contributed by atoms with Crippen LogP contribution in [0.3, 0.4) is 0 Å². The van der Waals surface area contributed by atoms with Crippen LogP contribution < -0.4 is 15.5 Å². The van der Waals surface area contributed by atoms with Crippen LogP contribution in [0.4, 0.5) is 13.2 Å². The molecule has 7 nitrogen and oxygen atoms in total. The first-order valence-electron chi connectivity index (χ1n) is 7.86. The summed E-state index contributed by atoms with van der Waals surface area (Å²) in [7, 11) is 0. The van der Waals surface area contributed by atoms with E-state index in [0.29, 0.717) is 12.8 Å². The summed E-state index contributed by atoms with van der Waals surface area (Å²) in [6.45, 7) is 1.75. The van der Waals surface area contributed by atoms with Crippen molar-refractivity contribution in [3.05, 3.63) is 0 Å². The van der Waals surface area contributed by atoms with Crippen LogP contribution in [-0.4, -0.2) is 49.7 Å². The maximum absolute atomic E-state index is 12.0. The normalized spacial score (nSPS) is 12.4. The third-order valence-electron chi connectivity index (χ3n) is 3.05. The van der Waals surface area contributed by atoms with E-state index >= 15 is 0 Å². The first-order valence-corrected chi connectivity index (χ1v) is 8.24. The highest BCUT2D eigenvalue weighted by atomic mass is 35.5. The van der Waals surface area contributed by atoms with Gasteiger partial charge in [0.2, 0.25) is 5.91 Å². The Bertz CT molecular complexity index is 436. The molecular formula is C14H23ClF3N3O4. The van der Waals surface area contributed by atoms with Gasteiger partial charge in [-0.3, -0.25) is 9.59 Å². The molecule has 0 aliphatic rings. The van der Waals surface area contributed by atoms with Crippen LogP contribution >= 0.6 is 11.8 Å². The van der Waals surface area contributed by atoms with Crippen molar-refractivity contribution in [1.29, 1.82) is 0 Å². The first-order chi connectivity index (χ1) is 11.7. The van der Waals surface area contributed by atoms with Crippen molar-refractivity contribution in [1.82, 2.24) is 15.5 Å². The number of ether oxygens (including phenoxy) is 1. The first kappa shape index (κ1) is 23.4. The third kappa shape index (κ3) is 11.6. The number of halogens is 4. The van der Waals surface area contributed by atoms with E-state index in [1.54, 1.807) is 5.32 Å². The average molecular weight is 390 g/mol. The fourth-order valence-electron chi connectivity index (χ4n) is 1.75. The van der Waals surface area contributed by atoms with Gasteiger partial charge in [0.05, 0.1) is 13.2 Å². The van der Waals surface area contributed by atoms with Crippen LogP contribution in [0, 0.1) is 0 Å². The lowest BCUT2D eigenvalue weighted by Crippen LogP contribution is -2.44. The number of alkyl halides is 3. The number of unbranched alkanes of at least 4 members (excludes halogenated alkanes) is 2. The number of carbonyl (C=O) groups excluding carboxylic acids is 3. The van der Waals surface area contributed by atoms with Gasteiger partial charge in [0.1, 0.15) is 6.04 Å². The molecule has 0 saturated carbocycles. The summed E-state index contributed by atoms with van der Waals surface area (Å²) in [4.78, 5) is 36.2. The molecule has 3 N–H and O–H groups in total. The van der Waals surface area contributed by atoms with Crippen LogP contribution in [0.5, 0.6) is 0 Å². The molecule has 0 spiro atoms. The quantitative estimate of drug-likeness (QED) is 0.266. The van der Waals surface area contributed by atoms with E-state index < -0.39 is 30.0 Å². The Morgan fingerprint density at radius 2 is 1.84 bits per heavy atom. The van der Waals surface area contributed by atoms with Crippen LogP contribution in [0.25, 0.3) is 0 Å². The van der Waals surface area contributed by atoms with Crippen molar-refractivity contribution in [2.45, 2.75) is 51.2 Å². The minimum Gasteiger partial charge on any atom is -0.464 e. The molecule has 0 fully saturated rings. The molecule has 0 aromatic carbocycles. The molecule has 1 unspecified atom stereocenters. The molecule has 146 valence electrons. The van der Waals surface area contributed by atoms with Gasteiger partial charge in [-0.1, -0.05) is 13.3 Å². The molecule has 0 aliphatic carbocycles. The Hall–Kier alpha value is -1.55. The summed E-state index contributed by atoms with van der Waals surface area (Å²) in [5, 5.41) is 4.17.